The van der Waals surface area contributed by atoms with E-state index in [4.69, 9.17) is 23.2 Å². The van der Waals surface area contributed by atoms with Crippen LogP contribution in [-0.4, -0.2) is 36.4 Å². The van der Waals surface area contributed by atoms with Crippen LogP contribution in [0.5, 0.6) is 0 Å². The molecule has 1 amide bonds. The smallest absolute Gasteiger partial charge is 0.301 e. The van der Waals surface area contributed by atoms with Gasteiger partial charge in [0.1, 0.15) is 17.2 Å². The number of hydrogen-bond donors (Lipinski definition) is 1. The van der Waals surface area contributed by atoms with Gasteiger partial charge in [-0.05, 0) is 54.4 Å². The fourth-order valence-electron chi connectivity index (χ4n) is 4.64. The maximum absolute atomic E-state index is 13.6. The van der Waals surface area contributed by atoms with Gasteiger partial charge in [0.05, 0.1) is 27.4 Å². The zero-order valence-corrected chi connectivity index (χ0v) is 24.2. The Labute approximate surface area is 251 Å². The number of anilines is 1. The number of carbonyl (C=O) groups excluding carboxylic acids is 2. The van der Waals surface area contributed by atoms with Crippen LogP contribution in [0.25, 0.3) is 11.4 Å². The highest BCUT2D eigenvalue weighted by Gasteiger charge is 2.49. The minimum atomic E-state index is -1.07. The van der Waals surface area contributed by atoms with E-state index in [1.807, 2.05) is 0 Å². The van der Waals surface area contributed by atoms with E-state index < -0.39 is 17.7 Å². The van der Waals surface area contributed by atoms with Gasteiger partial charge in [0.2, 0.25) is 5.13 Å². The molecule has 0 spiro atoms. The third-order valence-corrected chi connectivity index (χ3v) is 9.38. The predicted octanol–water partition coefficient (Wildman–Crippen LogP) is 6.86. The van der Waals surface area contributed by atoms with Crippen molar-refractivity contribution < 1.29 is 19.1 Å². The number of fused-ring (bicyclic) bond motifs is 1. The van der Waals surface area contributed by atoms with Crippen molar-refractivity contribution in [1.29, 1.82) is 0 Å². The van der Waals surface area contributed by atoms with E-state index >= 15 is 0 Å². The number of rotatable bonds is 6. The molecule has 2 aromatic carbocycles. The second-order valence-electron chi connectivity index (χ2n) is 9.08. The highest BCUT2D eigenvalue weighted by Crippen LogP contribution is 2.45. The third kappa shape index (κ3) is 4.99. The Bertz CT molecular complexity index is 1870. The first-order valence-electron chi connectivity index (χ1n) is 12.1. The number of Topliss-reactive ketones (excluding diaryl/α,β-unsaturated/α-hetero) is 1. The van der Waals surface area contributed by atoms with Gasteiger partial charge in [-0.2, -0.15) is 0 Å². The highest BCUT2D eigenvalue weighted by atomic mass is 35.5. The molecule has 0 saturated carbocycles. The number of ketones is 1. The molecule has 4 heterocycles. The molecule has 1 atom stereocenters. The second kappa shape index (κ2) is 10.9. The molecule has 1 N–H and O–H groups in total. The van der Waals surface area contributed by atoms with Gasteiger partial charge in [0, 0.05) is 11.9 Å². The first kappa shape index (κ1) is 27.4. The highest BCUT2D eigenvalue weighted by molar-refractivity contribution is 8.00. The fourth-order valence-corrected chi connectivity index (χ4v) is 6.77. The van der Waals surface area contributed by atoms with Crippen molar-refractivity contribution in [2.75, 3.05) is 4.90 Å². The molecular weight excluding hydrogens is 608 g/mol. The lowest BCUT2D eigenvalue weighted by Crippen LogP contribution is -2.29. The SMILES string of the molecule is Cc1nc2ccccn2c1C(O)=C1C(=O)C(=O)N(c2nnc(SCc3ccc(F)cc3)s2)C1c1ccc(Cl)c(Cl)c1. The molecule has 1 unspecified atom stereocenters. The molecule has 1 aliphatic heterocycles. The van der Waals surface area contributed by atoms with E-state index in [1.54, 1.807) is 66.1 Å². The van der Waals surface area contributed by atoms with Crippen molar-refractivity contribution >= 4 is 74.5 Å². The van der Waals surface area contributed by atoms with E-state index in [-0.39, 0.29) is 33.0 Å². The number of halogens is 3. The predicted molar refractivity (Wildman–Crippen MR) is 157 cm³/mol. The second-order valence-corrected chi connectivity index (χ2v) is 12.1. The van der Waals surface area contributed by atoms with Gasteiger partial charge in [-0.1, -0.05) is 70.6 Å². The molecule has 1 fully saturated rings. The number of benzene rings is 2. The van der Waals surface area contributed by atoms with Crippen molar-refractivity contribution in [2.45, 2.75) is 23.1 Å². The van der Waals surface area contributed by atoms with Gasteiger partial charge >= 0.3 is 5.91 Å². The standard InChI is InChI=1S/C28H18Cl2FN5O3S2/c1-14-22(35-11-3-2-4-20(35)32-14)24(37)21-23(16-7-10-18(29)19(30)12-16)36(26(39)25(21)38)27-33-34-28(41-27)40-13-15-5-8-17(31)9-6-15/h2-12,23,37H,13H2,1H3. The molecule has 5 aromatic rings. The number of amides is 1. The Morgan fingerprint density at radius 2 is 1.85 bits per heavy atom. The number of hydrogen-bond acceptors (Lipinski definition) is 8. The summed E-state index contributed by atoms with van der Waals surface area (Å²) in [7, 11) is 0. The lowest BCUT2D eigenvalue weighted by atomic mass is 9.96. The molecule has 6 rings (SSSR count). The number of aryl methyl sites for hydroxylation is 1. The monoisotopic (exact) mass is 625 g/mol. The molecule has 0 bridgehead atoms. The lowest BCUT2D eigenvalue weighted by Gasteiger charge is -2.22. The summed E-state index contributed by atoms with van der Waals surface area (Å²) in [5.41, 5.74) is 2.52. The number of aliphatic hydroxyl groups excluding tert-OH is 1. The van der Waals surface area contributed by atoms with Crippen molar-refractivity contribution in [3.05, 3.63) is 111 Å². The van der Waals surface area contributed by atoms with Crippen LogP contribution in [0.15, 0.2) is 76.8 Å². The number of aliphatic hydroxyl groups is 1. The van der Waals surface area contributed by atoms with Crippen LogP contribution in [0, 0.1) is 12.7 Å². The Morgan fingerprint density at radius 1 is 1.07 bits per heavy atom. The van der Waals surface area contributed by atoms with Gasteiger partial charge in [0.15, 0.2) is 10.1 Å². The summed E-state index contributed by atoms with van der Waals surface area (Å²) < 4.78 is 15.5. The topological polar surface area (TPSA) is 101 Å². The van der Waals surface area contributed by atoms with Crippen molar-refractivity contribution in [1.82, 2.24) is 19.6 Å². The summed E-state index contributed by atoms with van der Waals surface area (Å²) in [6, 6.07) is 15.1. The van der Waals surface area contributed by atoms with Gasteiger partial charge in [-0.3, -0.25) is 18.9 Å². The van der Waals surface area contributed by atoms with Crippen molar-refractivity contribution in [2.24, 2.45) is 0 Å². The van der Waals surface area contributed by atoms with Gasteiger partial charge in [-0.15, -0.1) is 10.2 Å². The Morgan fingerprint density at radius 3 is 2.61 bits per heavy atom. The summed E-state index contributed by atoms with van der Waals surface area (Å²) in [6.07, 6.45) is 1.71. The first-order valence-corrected chi connectivity index (χ1v) is 14.7. The normalized spacial score (nSPS) is 16.7. The number of pyridine rings is 1. The van der Waals surface area contributed by atoms with Crippen LogP contribution in [0.4, 0.5) is 9.52 Å². The summed E-state index contributed by atoms with van der Waals surface area (Å²) in [5.74, 6) is -1.97. The molecule has 8 nitrogen and oxygen atoms in total. The quantitative estimate of drug-likeness (QED) is 0.0723. The van der Waals surface area contributed by atoms with Crippen LogP contribution < -0.4 is 4.90 Å². The average Bonchev–Trinajstić information content (AvgIpc) is 3.63. The number of thioether (sulfide) groups is 1. The van der Waals surface area contributed by atoms with Crippen LogP contribution in [0.1, 0.15) is 28.6 Å². The van der Waals surface area contributed by atoms with Gasteiger partial charge in [0.25, 0.3) is 5.78 Å². The summed E-state index contributed by atoms with van der Waals surface area (Å²) in [5, 5.41) is 20.7. The van der Waals surface area contributed by atoms with Gasteiger partial charge in [-0.25, -0.2) is 9.37 Å². The molecule has 3 aromatic heterocycles. The summed E-state index contributed by atoms with van der Waals surface area (Å²) in [6.45, 7) is 1.71. The number of carbonyl (C=O) groups is 2. The zero-order chi connectivity index (χ0) is 28.8. The molecule has 1 saturated heterocycles. The molecule has 0 aliphatic carbocycles. The molecular formula is C28H18Cl2FN5O3S2. The zero-order valence-electron chi connectivity index (χ0n) is 21.1. The molecule has 13 heteroatoms. The van der Waals surface area contributed by atoms with E-state index in [9.17, 15) is 19.1 Å². The van der Waals surface area contributed by atoms with E-state index in [0.29, 0.717) is 32.0 Å². The Hall–Kier alpha value is -3.77. The number of imidazole rings is 1. The van der Waals surface area contributed by atoms with Crippen molar-refractivity contribution in [3.63, 3.8) is 0 Å². The summed E-state index contributed by atoms with van der Waals surface area (Å²) in [4.78, 5) is 32.8. The van der Waals surface area contributed by atoms with Crippen molar-refractivity contribution in [3.8, 4) is 0 Å². The maximum Gasteiger partial charge on any atom is 0.301 e. The van der Waals surface area contributed by atoms with Crippen LogP contribution >= 0.6 is 46.3 Å². The first-order chi connectivity index (χ1) is 19.7. The van der Waals surface area contributed by atoms with Crippen LogP contribution in [0.3, 0.4) is 0 Å². The third-order valence-electron chi connectivity index (χ3n) is 6.51. The largest absolute Gasteiger partial charge is 0.505 e. The fraction of sp³-hybridized carbons (Fsp3) is 0.107. The van der Waals surface area contributed by atoms with E-state index in [0.717, 1.165) is 16.9 Å². The molecule has 41 heavy (non-hydrogen) atoms. The van der Waals surface area contributed by atoms with Crippen LogP contribution in [0.2, 0.25) is 10.0 Å². The number of nitrogens with zero attached hydrogens (tertiary/aromatic N) is 5. The molecule has 0 radical (unpaired) electrons. The minimum absolute atomic E-state index is 0.141. The average molecular weight is 627 g/mol. The van der Waals surface area contributed by atoms with E-state index in [2.05, 4.69) is 15.2 Å². The van der Waals surface area contributed by atoms with Gasteiger partial charge < -0.3 is 5.11 Å². The summed E-state index contributed by atoms with van der Waals surface area (Å²) >= 11 is 15.0. The van der Waals surface area contributed by atoms with Crippen LogP contribution in [-0.2, 0) is 15.3 Å². The maximum atomic E-state index is 13.6. The number of aromatic nitrogens is 4. The molecule has 206 valence electrons. The Kier molecular flexibility index (Phi) is 7.28. The minimum Gasteiger partial charge on any atom is -0.505 e. The Balaban J connectivity index is 1.45. The molecule has 1 aliphatic rings. The lowest BCUT2D eigenvalue weighted by molar-refractivity contribution is -0.132. The van der Waals surface area contributed by atoms with E-state index in [1.165, 1.54) is 28.8 Å².